The maximum atomic E-state index is 12.9. The number of nitrogens with one attached hydrogen (secondary N) is 1. The molecule has 2 aliphatic heterocycles. The van der Waals surface area contributed by atoms with Crippen molar-refractivity contribution >= 4 is 11.6 Å². The van der Waals surface area contributed by atoms with E-state index in [1.165, 1.54) is 0 Å². The molecule has 1 aromatic carbocycles. The third-order valence-corrected chi connectivity index (χ3v) is 5.63. The molecule has 2 saturated heterocycles. The second-order valence-corrected chi connectivity index (χ2v) is 7.88. The summed E-state index contributed by atoms with van der Waals surface area (Å²) in [4.78, 5) is 17.1. The molecule has 0 spiro atoms. The molecule has 1 unspecified atom stereocenters. The van der Waals surface area contributed by atoms with Crippen LogP contribution in [0.1, 0.15) is 33.1 Å². The summed E-state index contributed by atoms with van der Waals surface area (Å²) in [5.41, 5.74) is 0.817. The van der Waals surface area contributed by atoms with Crippen LogP contribution in [0.2, 0.25) is 0 Å². The van der Waals surface area contributed by atoms with E-state index in [0.29, 0.717) is 5.92 Å². The number of nitrogens with zero attached hydrogens (tertiary/aromatic N) is 2. The van der Waals surface area contributed by atoms with Gasteiger partial charge in [0, 0.05) is 30.9 Å². The summed E-state index contributed by atoms with van der Waals surface area (Å²) in [7, 11) is 0. The van der Waals surface area contributed by atoms with Gasteiger partial charge in [-0.15, -0.1) is 0 Å². The summed E-state index contributed by atoms with van der Waals surface area (Å²) in [6.07, 6.45) is 2.68. The molecular formula is C20H31N3O2. The number of aliphatic hydroxyl groups is 1. The molecule has 2 heterocycles. The molecule has 25 heavy (non-hydrogen) atoms. The van der Waals surface area contributed by atoms with Gasteiger partial charge in [0.2, 0.25) is 5.91 Å². The molecular weight excluding hydrogens is 314 g/mol. The van der Waals surface area contributed by atoms with Crippen molar-refractivity contribution in [3.8, 4) is 0 Å². The van der Waals surface area contributed by atoms with Gasteiger partial charge in [0.15, 0.2) is 0 Å². The number of piperidine rings is 1. The largest absolute Gasteiger partial charge is 0.394 e. The van der Waals surface area contributed by atoms with Crippen LogP contribution >= 0.6 is 0 Å². The highest BCUT2D eigenvalue weighted by Gasteiger charge is 2.41. The zero-order chi connectivity index (χ0) is 17.9. The molecule has 1 atom stereocenters. The number of amides is 1. The van der Waals surface area contributed by atoms with E-state index in [4.69, 9.17) is 0 Å². The zero-order valence-electron chi connectivity index (χ0n) is 15.4. The second-order valence-electron chi connectivity index (χ2n) is 7.88. The van der Waals surface area contributed by atoms with Gasteiger partial charge in [-0.2, -0.15) is 0 Å². The molecule has 1 amide bonds. The summed E-state index contributed by atoms with van der Waals surface area (Å²) in [6.45, 7) is 7.98. The maximum Gasteiger partial charge on any atom is 0.244 e. The molecule has 2 aliphatic rings. The monoisotopic (exact) mass is 345 g/mol. The van der Waals surface area contributed by atoms with Gasteiger partial charge < -0.3 is 15.3 Å². The van der Waals surface area contributed by atoms with Crippen LogP contribution in [0.5, 0.6) is 0 Å². The number of rotatable bonds is 6. The SMILES string of the molecule is CC(C)CNC1(CO)CCN(C2CCN(c3ccccc3)C2=O)CC1. The van der Waals surface area contributed by atoms with Gasteiger partial charge in [0.1, 0.15) is 0 Å². The number of para-hydroxylation sites is 1. The van der Waals surface area contributed by atoms with E-state index in [9.17, 15) is 9.90 Å². The molecule has 1 aromatic rings. The molecule has 5 nitrogen and oxygen atoms in total. The highest BCUT2D eigenvalue weighted by molar-refractivity contribution is 5.99. The molecule has 0 saturated carbocycles. The first-order valence-electron chi connectivity index (χ1n) is 9.51. The summed E-state index contributed by atoms with van der Waals surface area (Å²) in [5, 5.41) is 13.5. The number of likely N-dealkylation sites (tertiary alicyclic amines) is 1. The molecule has 0 aliphatic carbocycles. The maximum absolute atomic E-state index is 12.9. The van der Waals surface area contributed by atoms with E-state index in [2.05, 4.69) is 24.1 Å². The quantitative estimate of drug-likeness (QED) is 0.826. The molecule has 3 rings (SSSR count). The first kappa shape index (κ1) is 18.4. The Labute approximate surface area is 151 Å². The standard InChI is InChI=1S/C20H31N3O2/c1-16(2)14-21-20(15-24)9-12-22(13-10-20)18-8-11-23(19(18)25)17-6-4-3-5-7-17/h3-7,16,18,21,24H,8-15H2,1-2H3. The lowest BCUT2D eigenvalue weighted by Crippen LogP contribution is -2.58. The van der Waals surface area contributed by atoms with Gasteiger partial charge in [0.05, 0.1) is 12.6 Å². The molecule has 5 heteroatoms. The van der Waals surface area contributed by atoms with Crippen molar-refractivity contribution in [2.24, 2.45) is 5.92 Å². The minimum absolute atomic E-state index is 0.0120. The summed E-state index contributed by atoms with van der Waals surface area (Å²) in [5.74, 6) is 0.787. The number of hydrogen-bond donors (Lipinski definition) is 2. The van der Waals surface area contributed by atoms with Crippen LogP contribution in [0.25, 0.3) is 0 Å². The zero-order valence-corrected chi connectivity index (χ0v) is 15.4. The van der Waals surface area contributed by atoms with Crippen LogP contribution in [0, 0.1) is 5.92 Å². The summed E-state index contributed by atoms with van der Waals surface area (Å²) >= 11 is 0. The van der Waals surface area contributed by atoms with E-state index in [1.54, 1.807) is 0 Å². The first-order valence-corrected chi connectivity index (χ1v) is 9.51. The molecule has 2 fully saturated rings. The Morgan fingerprint density at radius 3 is 2.48 bits per heavy atom. The van der Waals surface area contributed by atoms with Crippen LogP contribution in [-0.2, 0) is 4.79 Å². The Bertz CT molecular complexity index is 568. The van der Waals surface area contributed by atoms with Crippen molar-refractivity contribution in [3.05, 3.63) is 30.3 Å². The fourth-order valence-electron chi connectivity index (χ4n) is 3.94. The third-order valence-electron chi connectivity index (χ3n) is 5.63. The minimum atomic E-state index is -0.179. The average molecular weight is 345 g/mol. The van der Waals surface area contributed by atoms with Gasteiger partial charge in [0.25, 0.3) is 0 Å². The number of carbonyl (C=O) groups is 1. The number of carbonyl (C=O) groups excluding carboxylic acids is 1. The predicted octanol–water partition coefficient (Wildman–Crippen LogP) is 1.86. The summed E-state index contributed by atoms with van der Waals surface area (Å²) in [6, 6.07) is 9.93. The van der Waals surface area contributed by atoms with Crippen molar-refractivity contribution in [3.63, 3.8) is 0 Å². The Hall–Kier alpha value is -1.43. The van der Waals surface area contributed by atoms with E-state index < -0.39 is 0 Å². The van der Waals surface area contributed by atoms with Gasteiger partial charge in [-0.3, -0.25) is 9.69 Å². The highest BCUT2D eigenvalue weighted by atomic mass is 16.3. The Morgan fingerprint density at radius 2 is 1.88 bits per heavy atom. The van der Waals surface area contributed by atoms with Crippen molar-refractivity contribution in [1.82, 2.24) is 10.2 Å². The minimum Gasteiger partial charge on any atom is -0.394 e. The van der Waals surface area contributed by atoms with E-state index in [-0.39, 0.29) is 24.1 Å². The fraction of sp³-hybridized carbons (Fsp3) is 0.650. The smallest absolute Gasteiger partial charge is 0.244 e. The van der Waals surface area contributed by atoms with Crippen molar-refractivity contribution in [2.45, 2.75) is 44.7 Å². The first-order chi connectivity index (χ1) is 12.0. The van der Waals surface area contributed by atoms with E-state index >= 15 is 0 Å². The lowest BCUT2D eigenvalue weighted by Gasteiger charge is -2.43. The number of benzene rings is 1. The number of hydrogen-bond acceptors (Lipinski definition) is 4. The van der Waals surface area contributed by atoms with Crippen LogP contribution in [0.3, 0.4) is 0 Å². The highest BCUT2D eigenvalue weighted by Crippen LogP contribution is 2.29. The summed E-state index contributed by atoms with van der Waals surface area (Å²) < 4.78 is 0. The van der Waals surface area contributed by atoms with Gasteiger partial charge >= 0.3 is 0 Å². The van der Waals surface area contributed by atoms with Crippen LogP contribution in [-0.4, -0.2) is 60.3 Å². The van der Waals surface area contributed by atoms with Crippen molar-refractivity contribution in [1.29, 1.82) is 0 Å². The normalized spacial score (nSPS) is 24.2. The van der Waals surface area contributed by atoms with Crippen molar-refractivity contribution < 1.29 is 9.90 Å². The Balaban J connectivity index is 1.59. The van der Waals surface area contributed by atoms with Gasteiger partial charge in [-0.1, -0.05) is 32.0 Å². The van der Waals surface area contributed by atoms with Gasteiger partial charge in [-0.05, 0) is 43.9 Å². The Kier molecular flexibility index (Phi) is 5.77. The van der Waals surface area contributed by atoms with E-state index in [1.807, 2.05) is 35.2 Å². The molecule has 2 N–H and O–H groups in total. The molecule has 0 bridgehead atoms. The van der Waals surface area contributed by atoms with Gasteiger partial charge in [-0.25, -0.2) is 0 Å². The average Bonchev–Trinajstić information content (AvgIpc) is 3.02. The van der Waals surface area contributed by atoms with Crippen LogP contribution in [0.15, 0.2) is 30.3 Å². The van der Waals surface area contributed by atoms with Crippen molar-refractivity contribution in [2.75, 3.05) is 37.7 Å². The predicted molar refractivity (Wildman–Crippen MR) is 101 cm³/mol. The molecule has 138 valence electrons. The topological polar surface area (TPSA) is 55.8 Å². The lowest BCUT2D eigenvalue weighted by atomic mass is 9.87. The molecule has 0 radical (unpaired) electrons. The lowest BCUT2D eigenvalue weighted by molar-refractivity contribution is -0.122. The Morgan fingerprint density at radius 1 is 1.20 bits per heavy atom. The second kappa shape index (κ2) is 7.85. The molecule has 0 aromatic heterocycles. The third kappa shape index (κ3) is 4.05. The number of aliphatic hydroxyl groups excluding tert-OH is 1. The van der Waals surface area contributed by atoms with Crippen LogP contribution in [0.4, 0.5) is 5.69 Å². The van der Waals surface area contributed by atoms with Crippen LogP contribution < -0.4 is 10.2 Å². The number of anilines is 1. The fourth-order valence-corrected chi connectivity index (χ4v) is 3.94. The van der Waals surface area contributed by atoms with E-state index in [0.717, 1.165) is 51.1 Å².